The first-order chi connectivity index (χ1) is 13.2. The summed E-state index contributed by atoms with van der Waals surface area (Å²) in [5.74, 6) is 0.739. The largest absolute Gasteiger partial charge is 0.493 e. The second kappa shape index (κ2) is 9.03. The van der Waals surface area contributed by atoms with Crippen molar-refractivity contribution >= 4 is 23.7 Å². The zero-order valence-corrected chi connectivity index (χ0v) is 16.7. The summed E-state index contributed by atoms with van der Waals surface area (Å²) in [4.78, 5) is 24.2. The van der Waals surface area contributed by atoms with Crippen LogP contribution in [0.15, 0.2) is 47.6 Å². The van der Waals surface area contributed by atoms with Crippen LogP contribution in [0.2, 0.25) is 0 Å². The number of nitrogens with zero attached hydrogens (tertiary/aromatic N) is 1. The maximum absolute atomic E-state index is 12.2. The summed E-state index contributed by atoms with van der Waals surface area (Å²) in [5.41, 5.74) is 3.79. The standard InChI is InChI=1S/C21H25N3O4/c1-21(2,3)20(26)23-16-9-7-15(8-10-16)19(25)24-22-13-14-6-11-17(27-4)18(12-14)28-5/h6-13H,1-5H3,(H,23,26)(H,24,25)/b22-13-. The van der Waals surface area contributed by atoms with Crippen LogP contribution in [-0.4, -0.2) is 32.2 Å². The summed E-state index contributed by atoms with van der Waals surface area (Å²) in [6.45, 7) is 5.50. The monoisotopic (exact) mass is 383 g/mol. The first kappa shape index (κ1) is 21.0. The van der Waals surface area contributed by atoms with E-state index in [1.165, 1.54) is 6.21 Å². The molecule has 0 heterocycles. The van der Waals surface area contributed by atoms with Crippen LogP contribution in [0, 0.1) is 5.41 Å². The van der Waals surface area contributed by atoms with Crippen molar-refractivity contribution in [1.29, 1.82) is 0 Å². The van der Waals surface area contributed by atoms with E-state index in [0.717, 1.165) is 5.56 Å². The molecular weight excluding hydrogens is 358 g/mol. The summed E-state index contributed by atoms with van der Waals surface area (Å²) < 4.78 is 10.4. The molecule has 0 aliphatic rings. The Morgan fingerprint density at radius 3 is 2.18 bits per heavy atom. The number of hydrogen-bond donors (Lipinski definition) is 2. The smallest absolute Gasteiger partial charge is 0.271 e. The van der Waals surface area contributed by atoms with E-state index in [0.29, 0.717) is 22.7 Å². The SMILES string of the molecule is COc1ccc(/C=N\NC(=O)c2ccc(NC(=O)C(C)(C)C)cc2)cc1OC. The first-order valence-corrected chi connectivity index (χ1v) is 8.71. The molecule has 0 aromatic heterocycles. The fraction of sp³-hybridized carbons (Fsp3) is 0.286. The fourth-order valence-electron chi connectivity index (χ4n) is 2.19. The van der Waals surface area contributed by atoms with E-state index >= 15 is 0 Å². The Hall–Kier alpha value is -3.35. The van der Waals surface area contributed by atoms with Gasteiger partial charge in [-0.2, -0.15) is 5.10 Å². The van der Waals surface area contributed by atoms with Gasteiger partial charge >= 0.3 is 0 Å². The van der Waals surface area contributed by atoms with Gasteiger partial charge in [-0.1, -0.05) is 20.8 Å². The number of benzene rings is 2. The quantitative estimate of drug-likeness (QED) is 0.591. The van der Waals surface area contributed by atoms with Crippen molar-refractivity contribution in [3.8, 4) is 11.5 Å². The Morgan fingerprint density at radius 1 is 0.964 bits per heavy atom. The van der Waals surface area contributed by atoms with Crippen molar-refractivity contribution in [2.45, 2.75) is 20.8 Å². The molecule has 2 amide bonds. The molecule has 7 nitrogen and oxygen atoms in total. The van der Waals surface area contributed by atoms with Crippen LogP contribution in [0.5, 0.6) is 11.5 Å². The molecule has 148 valence electrons. The Kier molecular flexibility index (Phi) is 6.76. The summed E-state index contributed by atoms with van der Waals surface area (Å²) >= 11 is 0. The highest BCUT2D eigenvalue weighted by Crippen LogP contribution is 2.26. The number of carbonyl (C=O) groups excluding carboxylic acids is 2. The van der Waals surface area contributed by atoms with Gasteiger partial charge in [-0.15, -0.1) is 0 Å². The normalized spacial score (nSPS) is 11.2. The predicted octanol–water partition coefficient (Wildman–Crippen LogP) is 3.45. The zero-order valence-electron chi connectivity index (χ0n) is 16.7. The molecule has 0 aliphatic heterocycles. The molecule has 28 heavy (non-hydrogen) atoms. The minimum Gasteiger partial charge on any atom is -0.493 e. The molecule has 0 unspecified atom stereocenters. The van der Waals surface area contributed by atoms with Gasteiger partial charge in [-0.25, -0.2) is 5.43 Å². The maximum Gasteiger partial charge on any atom is 0.271 e. The number of nitrogens with one attached hydrogen (secondary N) is 2. The summed E-state index contributed by atoms with van der Waals surface area (Å²) in [6, 6.07) is 11.9. The lowest BCUT2D eigenvalue weighted by Gasteiger charge is -2.17. The van der Waals surface area contributed by atoms with E-state index in [9.17, 15) is 9.59 Å². The first-order valence-electron chi connectivity index (χ1n) is 8.71. The molecule has 2 rings (SSSR count). The van der Waals surface area contributed by atoms with Crippen LogP contribution in [0.1, 0.15) is 36.7 Å². The molecule has 2 aromatic carbocycles. The molecular formula is C21H25N3O4. The molecule has 0 saturated carbocycles. The van der Waals surface area contributed by atoms with E-state index in [-0.39, 0.29) is 11.8 Å². The van der Waals surface area contributed by atoms with Gasteiger partial charge in [0.25, 0.3) is 5.91 Å². The predicted molar refractivity (Wildman–Crippen MR) is 109 cm³/mol. The number of carbonyl (C=O) groups is 2. The van der Waals surface area contributed by atoms with Gasteiger partial charge < -0.3 is 14.8 Å². The highest BCUT2D eigenvalue weighted by Gasteiger charge is 2.21. The second-order valence-corrected chi connectivity index (χ2v) is 7.10. The lowest BCUT2D eigenvalue weighted by molar-refractivity contribution is -0.123. The van der Waals surface area contributed by atoms with E-state index in [1.807, 2.05) is 20.8 Å². The number of rotatable bonds is 6. The molecule has 0 fully saturated rings. The van der Waals surface area contributed by atoms with Crippen LogP contribution in [0.25, 0.3) is 0 Å². The number of hydrazone groups is 1. The van der Waals surface area contributed by atoms with E-state index in [4.69, 9.17) is 9.47 Å². The molecule has 7 heteroatoms. The van der Waals surface area contributed by atoms with Crippen LogP contribution in [0.3, 0.4) is 0 Å². The average molecular weight is 383 g/mol. The van der Waals surface area contributed by atoms with Crippen molar-refractivity contribution in [3.63, 3.8) is 0 Å². The van der Waals surface area contributed by atoms with Gasteiger partial charge in [0, 0.05) is 16.7 Å². The molecule has 0 saturated heterocycles. The number of hydrogen-bond acceptors (Lipinski definition) is 5. The molecule has 0 radical (unpaired) electrons. The third-order valence-corrected chi connectivity index (χ3v) is 3.87. The lowest BCUT2D eigenvalue weighted by atomic mass is 9.95. The molecule has 0 aliphatic carbocycles. The van der Waals surface area contributed by atoms with E-state index in [1.54, 1.807) is 56.7 Å². The fourth-order valence-corrected chi connectivity index (χ4v) is 2.19. The van der Waals surface area contributed by atoms with E-state index < -0.39 is 5.41 Å². The topological polar surface area (TPSA) is 89.0 Å². The minimum atomic E-state index is -0.491. The van der Waals surface area contributed by atoms with Gasteiger partial charge in [-0.3, -0.25) is 9.59 Å². The van der Waals surface area contributed by atoms with E-state index in [2.05, 4.69) is 15.8 Å². The van der Waals surface area contributed by atoms with Crippen molar-refractivity contribution in [3.05, 3.63) is 53.6 Å². The maximum atomic E-state index is 12.2. The van der Waals surface area contributed by atoms with Gasteiger partial charge in [0.05, 0.1) is 20.4 Å². The molecule has 2 aromatic rings. The molecule has 0 bridgehead atoms. The van der Waals surface area contributed by atoms with Crippen LogP contribution >= 0.6 is 0 Å². The van der Waals surface area contributed by atoms with Crippen LogP contribution < -0.4 is 20.2 Å². The summed E-state index contributed by atoms with van der Waals surface area (Å²) in [7, 11) is 3.11. The van der Waals surface area contributed by atoms with Gasteiger partial charge in [0.15, 0.2) is 11.5 Å². The number of amides is 2. The number of ether oxygens (including phenoxy) is 2. The van der Waals surface area contributed by atoms with Crippen LogP contribution in [0.4, 0.5) is 5.69 Å². The molecule has 0 atom stereocenters. The minimum absolute atomic E-state index is 0.0933. The Bertz CT molecular complexity index is 868. The number of methoxy groups -OCH3 is 2. The zero-order chi connectivity index (χ0) is 20.7. The molecule has 2 N–H and O–H groups in total. The lowest BCUT2D eigenvalue weighted by Crippen LogP contribution is -2.27. The van der Waals surface area contributed by atoms with Crippen molar-refractivity contribution < 1.29 is 19.1 Å². The number of anilines is 1. The van der Waals surface area contributed by atoms with Gasteiger partial charge in [0.2, 0.25) is 5.91 Å². The van der Waals surface area contributed by atoms with Crippen molar-refractivity contribution in [2.24, 2.45) is 10.5 Å². The van der Waals surface area contributed by atoms with Gasteiger partial charge in [0.1, 0.15) is 0 Å². The third kappa shape index (κ3) is 5.57. The van der Waals surface area contributed by atoms with Crippen molar-refractivity contribution in [2.75, 3.05) is 19.5 Å². The van der Waals surface area contributed by atoms with Crippen molar-refractivity contribution in [1.82, 2.24) is 5.43 Å². The summed E-state index contributed by atoms with van der Waals surface area (Å²) in [5, 5.41) is 6.77. The Labute approximate surface area is 164 Å². The Morgan fingerprint density at radius 2 is 1.61 bits per heavy atom. The highest BCUT2D eigenvalue weighted by molar-refractivity contribution is 5.97. The van der Waals surface area contributed by atoms with Crippen LogP contribution in [-0.2, 0) is 4.79 Å². The summed E-state index contributed by atoms with van der Waals surface area (Å²) in [6.07, 6.45) is 1.51. The average Bonchev–Trinajstić information content (AvgIpc) is 2.67. The third-order valence-electron chi connectivity index (χ3n) is 3.87. The highest BCUT2D eigenvalue weighted by atomic mass is 16.5. The second-order valence-electron chi connectivity index (χ2n) is 7.10. The Balaban J connectivity index is 1.98. The van der Waals surface area contributed by atoms with Gasteiger partial charge in [-0.05, 0) is 48.0 Å². The molecule has 0 spiro atoms.